The minimum Gasteiger partial charge on any atom is -0.371 e. The maximum Gasteiger partial charge on any atom is 0.251 e. The molecule has 0 bridgehead atoms. The summed E-state index contributed by atoms with van der Waals surface area (Å²) in [7, 11) is 0. The highest BCUT2D eigenvalue weighted by Gasteiger charge is 2.21. The van der Waals surface area contributed by atoms with E-state index < -0.39 is 0 Å². The lowest BCUT2D eigenvalue weighted by Crippen LogP contribution is -2.42. The van der Waals surface area contributed by atoms with Crippen molar-refractivity contribution in [2.24, 2.45) is 0 Å². The Kier molecular flexibility index (Phi) is 5.47. The van der Waals surface area contributed by atoms with Crippen molar-refractivity contribution in [1.82, 2.24) is 10.2 Å². The van der Waals surface area contributed by atoms with E-state index in [0.717, 1.165) is 37.0 Å². The van der Waals surface area contributed by atoms with Gasteiger partial charge < -0.3 is 10.1 Å². The molecule has 0 unspecified atom stereocenters. The molecule has 1 saturated heterocycles. The van der Waals surface area contributed by atoms with Crippen LogP contribution in [0.2, 0.25) is 0 Å². The number of nitrogens with zero attached hydrogens (tertiary/aromatic N) is 1. The second-order valence-electron chi connectivity index (χ2n) is 6.89. The summed E-state index contributed by atoms with van der Waals surface area (Å²) in [6, 6.07) is 24.2. The lowest BCUT2D eigenvalue weighted by Gasteiger charge is -2.33. The van der Waals surface area contributed by atoms with Crippen LogP contribution in [0.1, 0.15) is 22.0 Å². The van der Waals surface area contributed by atoms with Crippen molar-refractivity contribution >= 4 is 16.7 Å². The quantitative estimate of drug-likeness (QED) is 0.755. The number of ether oxygens (including phenoxy) is 1. The Morgan fingerprint density at radius 1 is 1.00 bits per heavy atom. The van der Waals surface area contributed by atoms with Gasteiger partial charge in [-0.25, -0.2) is 0 Å². The zero-order valence-corrected chi connectivity index (χ0v) is 15.3. The van der Waals surface area contributed by atoms with E-state index in [4.69, 9.17) is 4.74 Å². The van der Waals surface area contributed by atoms with Crippen molar-refractivity contribution in [3.63, 3.8) is 0 Å². The molecular formula is C23H24N2O2. The Labute approximate surface area is 159 Å². The van der Waals surface area contributed by atoms with Gasteiger partial charge in [-0.2, -0.15) is 0 Å². The predicted octanol–water partition coefficient (Wildman–Crippen LogP) is 3.64. The summed E-state index contributed by atoms with van der Waals surface area (Å²) in [5.74, 6) is -0.0198. The van der Waals surface area contributed by atoms with E-state index in [1.807, 2.05) is 54.6 Å². The van der Waals surface area contributed by atoms with Gasteiger partial charge >= 0.3 is 0 Å². The Bertz CT molecular complexity index is 910. The molecule has 4 heteroatoms. The zero-order chi connectivity index (χ0) is 18.5. The van der Waals surface area contributed by atoms with Crippen LogP contribution < -0.4 is 5.32 Å². The number of hydrogen-bond acceptors (Lipinski definition) is 3. The first-order chi connectivity index (χ1) is 13.3. The molecule has 3 aromatic rings. The van der Waals surface area contributed by atoms with Gasteiger partial charge in [0.1, 0.15) is 0 Å². The second kappa shape index (κ2) is 8.33. The molecule has 0 saturated carbocycles. The third-order valence-corrected chi connectivity index (χ3v) is 5.05. The van der Waals surface area contributed by atoms with Gasteiger partial charge in [-0.15, -0.1) is 0 Å². The molecule has 1 aliphatic heterocycles. The van der Waals surface area contributed by atoms with Crippen LogP contribution >= 0.6 is 0 Å². The lowest BCUT2D eigenvalue weighted by atomic mass is 10.1. The summed E-state index contributed by atoms with van der Waals surface area (Å²) in [6.45, 7) is 3.93. The molecule has 0 spiro atoms. The van der Waals surface area contributed by atoms with Crippen LogP contribution in [0.4, 0.5) is 0 Å². The smallest absolute Gasteiger partial charge is 0.251 e. The van der Waals surface area contributed by atoms with Crippen LogP contribution in [0.3, 0.4) is 0 Å². The fraction of sp³-hybridized carbons (Fsp3) is 0.261. The number of nitrogens with one attached hydrogen (secondary N) is 1. The topological polar surface area (TPSA) is 41.6 Å². The van der Waals surface area contributed by atoms with Crippen LogP contribution in [0.25, 0.3) is 10.8 Å². The van der Waals surface area contributed by atoms with Crippen molar-refractivity contribution in [3.05, 3.63) is 83.9 Å². The number of morpholine rings is 1. The van der Waals surface area contributed by atoms with Gasteiger partial charge in [0.15, 0.2) is 0 Å². The summed E-state index contributed by atoms with van der Waals surface area (Å²) >= 11 is 0. The third-order valence-electron chi connectivity index (χ3n) is 5.05. The van der Waals surface area contributed by atoms with Crippen LogP contribution in [-0.4, -0.2) is 43.6 Å². The lowest BCUT2D eigenvalue weighted by molar-refractivity contribution is -0.0293. The predicted molar refractivity (Wildman–Crippen MR) is 108 cm³/mol. The molecule has 138 valence electrons. The van der Waals surface area contributed by atoms with E-state index >= 15 is 0 Å². The van der Waals surface area contributed by atoms with E-state index in [9.17, 15) is 4.79 Å². The molecule has 0 radical (unpaired) electrons. The number of benzene rings is 3. The number of fused-ring (bicyclic) bond motifs is 1. The standard InChI is InChI=1S/C23H24N2O2/c26-23(21-11-10-18-6-4-5-9-20(18)16-21)24-12-13-25-14-15-27-22(17-25)19-7-2-1-3-8-19/h1-11,16,22H,12-15,17H2,(H,24,26)/t22-/m0/s1. The Morgan fingerprint density at radius 3 is 2.63 bits per heavy atom. The summed E-state index contributed by atoms with van der Waals surface area (Å²) in [4.78, 5) is 14.8. The highest BCUT2D eigenvalue weighted by molar-refractivity contribution is 5.98. The Morgan fingerprint density at radius 2 is 1.78 bits per heavy atom. The van der Waals surface area contributed by atoms with E-state index in [1.165, 1.54) is 5.56 Å². The van der Waals surface area contributed by atoms with Crippen molar-refractivity contribution in [2.45, 2.75) is 6.10 Å². The van der Waals surface area contributed by atoms with Crippen LogP contribution in [-0.2, 0) is 4.74 Å². The summed E-state index contributed by atoms with van der Waals surface area (Å²) in [5, 5.41) is 5.28. The van der Waals surface area contributed by atoms with Gasteiger partial charge in [0.25, 0.3) is 5.91 Å². The molecule has 4 nitrogen and oxygen atoms in total. The van der Waals surface area contributed by atoms with Crippen molar-refractivity contribution in [1.29, 1.82) is 0 Å². The number of rotatable bonds is 5. The van der Waals surface area contributed by atoms with E-state index in [2.05, 4.69) is 28.4 Å². The fourth-order valence-electron chi connectivity index (χ4n) is 3.54. The average molecular weight is 360 g/mol. The fourth-order valence-corrected chi connectivity index (χ4v) is 3.54. The number of amides is 1. The molecule has 1 aliphatic rings. The van der Waals surface area contributed by atoms with Crippen LogP contribution in [0.15, 0.2) is 72.8 Å². The largest absolute Gasteiger partial charge is 0.371 e. The van der Waals surface area contributed by atoms with Gasteiger partial charge in [0.05, 0.1) is 12.7 Å². The van der Waals surface area contributed by atoms with Gasteiger partial charge in [-0.1, -0.05) is 60.7 Å². The van der Waals surface area contributed by atoms with E-state index in [1.54, 1.807) is 0 Å². The van der Waals surface area contributed by atoms with Crippen LogP contribution in [0, 0.1) is 0 Å². The normalized spacial score (nSPS) is 17.7. The minimum absolute atomic E-state index is 0.0198. The van der Waals surface area contributed by atoms with E-state index in [0.29, 0.717) is 12.1 Å². The molecule has 1 amide bonds. The molecule has 0 aliphatic carbocycles. The molecule has 1 atom stereocenters. The van der Waals surface area contributed by atoms with Crippen molar-refractivity contribution < 1.29 is 9.53 Å². The Balaban J connectivity index is 1.30. The first kappa shape index (κ1) is 17.7. The molecule has 27 heavy (non-hydrogen) atoms. The highest BCUT2D eigenvalue weighted by atomic mass is 16.5. The summed E-state index contributed by atoms with van der Waals surface area (Å²) in [5.41, 5.74) is 1.92. The minimum atomic E-state index is -0.0198. The third kappa shape index (κ3) is 4.35. The molecule has 3 aromatic carbocycles. The molecule has 4 rings (SSSR count). The first-order valence-corrected chi connectivity index (χ1v) is 9.45. The number of carbonyl (C=O) groups is 1. The maximum absolute atomic E-state index is 12.5. The zero-order valence-electron chi connectivity index (χ0n) is 15.3. The van der Waals surface area contributed by atoms with E-state index in [-0.39, 0.29) is 12.0 Å². The van der Waals surface area contributed by atoms with Crippen molar-refractivity contribution in [2.75, 3.05) is 32.8 Å². The van der Waals surface area contributed by atoms with Gasteiger partial charge in [-0.3, -0.25) is 9.69 Å². The second-order valence-corrected chi connectivity index (χ2v) is 6.89. The number of hydrogen-bond donors (Lipinski definition) is 1. The molecule has 1 fully saturated rings. The molecule has 1 N–H and O–H groups in total. The average Bonchev–Trinajstić information content (AvgIpc) is 2.74. The number of carbonyl (C=O) groups excluding carboxylic acids is 1. The molecular weight excluding hydrogens is 336 g/mol. The first-order valence-electron chi connectivity index (χ1n) is 9.45. The highest BCUT2D eigenvalue weighted by Crippen LogP contribution is 2.21. The van der Waals surface area contributed by atoms with Crippen molar-refractivity contribution in [3.8, 4) is 0 Å². The van der Waals surface area contributed by atoms with Crippen LogP contribution in [0.5, 0.6) is 0 Å². The maximum atomic E-state index is 12.5. The summed E-state index contributed by atoms with van der Waals surface area (Å²) < 4.78 is 5.90. The van der Waals surface area contributed by atoms with Gasteiger partial charge in [-0.05, 0) is 28.5 Å². The summed E-state index contributed by atoms with van der Waals surface area (Å²) in [6.07, 6.45) is 0.108. The Hall–Kier alpha value is -2.69. The monoisotopic (exact) mass is 360 g/mol. The molecule has 0 aromatic heterocycles. The SMILES string of the molecule is O=C(NCCN1CCO[C@H](c2ccccc2)C1)c1ccc2ccccc2c1. The molecule has 1 heterocycles. The van der Waals surface area contributed by atoms with Gasteiger partial charge in [0.2, 0.25) is 0 Å². The van der Waals surface area contributed by atoms with Gasteiger partial charge in [0, 0.05) is 31.7 Å².